The highest BCUT2D eigenvalue weighted by molar-refractivity contribution is 7.11. The summed E-state index contributed by atoms with van der Waals surface area (Å²) in [5.74, 6) is 0.944. The molecule has 2 rings (SSSR count). The molecule has 5 heteroatoms. The van der Waals surface area contributed by atoms with Crippen molar-refractivity contribution in [2.24, 2.45) is 4.99 Å². The molecule has 0 radical (unpaired) electrons. The smallest absolute Gasteiger partial charge is 0.193 e. The van der Waals surface area contributed by atoms with Crippen molar-refractivity contribution in [3.05, 3.63) is 52.0 Å². The molecule has 4 nitrogen and oxygen atoms in total. The summed E-state index contributed by atoms with van der Waals surface area (Å²) in [5.41, 5.74) is 1.28. The molecule has 118 valence electrons. The minimum atomic E-state index is 0.758. The normalized spacial score (nSPS) is 11.5. The number of aliphatic imine (C=N–C) groups is 1. The van der Waals surface area contributed by atoms with Crippen LogP contribution in [0.1, 0.15) is 22.4 Å². The molecule has 22 heavy (non-hydrogen) atoms. The predicted molar refractivity (Wildman–Crippen MR) is 94.4 cm³/mol. The van der Waals surface area contributed by atoms with Crippen molar-refractivity contribution in [3.63, 3.8) is 0 Å². The van der Waals surface area contributed by atoms with Crippen molar-refractivity contribution < 1.29 is 0 Å². The number of hydrogen-bond donors (Lipinski definition) is 1. The molecular formula is C17H24N4S. The summed E-state index contributed by atoms with van der Waals surface area (Å²) in [4.78, 5) is 12.5. The first kappa shape index (κ1) is 16.5. The Labute approximate surface area is 136 Å². The van der Waals surface area contributed by atoms with E-state index in [1.165, 1.54) is 10.4 Å². The van der Waals surface area contributed by atoms with Crippen LogP contribution in [0.4, 0.5) is 0 Å². The quantitative estimate of drug-likeness (QED) is 0.657. The summed E-state index contributed by atoms with van der Waals surface area (Å²) < 4.78 is 0. The van der Waals surface area contributed by atoms with Gasteiger partial charge in [0.1, 0.15) is 0 Å². The van der Waals surface area contributed by atoms with E-state index in [0.717, 1.165) is 37.0 Å². The maximum Gasteiger partial charge on any atom is 0.193 e. The van der Waals surface area contributed by atoms with Crippen molar-refractivity contribution >= 4 is 17.3 Å². The lowest BCUT2D eigenvalue weighted by Gasteiger charge is -2.22. The SMILES string of the molecule is CCNC(=NCCc1ncc(C)s1)N(C)Cc1ccccc1. The average Bonchev–Trinajstić information content (AvgIpc) is 2.93. The molecule has 1 aromatic heterocycles. The van der Waals surface area contributed by atoms with E-state index >= 15 is 0 Å². The molecule has 0 saturated heterocycles. The molecule has 0 fully saturated rings. The Balaban J connectivity index is 1.93. The first-order valence-corrected chi connectivity index (χ1v) is 8.45. The second-order valence-electron chi connectivity index (χ2n) is 5.19. The number of hydrogen-bond acceptors (Lipinski definition) is 3. The molecule has 0 amide bonds. The highest BCUT2D eigenvalue weighted by atomic mass is 32.1. The lowest BCUT2D eigenvalue weighted by Crippen LogP contribution is -2.38. The Hall–Kier alpha value is -1.88. The zero-order valence-electron chi connectivity index (χ0n) is 13.5. The van der Waals surface area contributed by atoms with Crippen molar-refractivity contribution in [2.75, 3.05) is 20.1 Å². The monoisotopic (exact) mass is 316 g/mol. The standard InChI is InChI=1S/C17H24N4S/c1-4-18-17(19-11-10-16-20-12-14(2)22-16)21(3)13-15-8-6-5-7-9-15/h5-9,12H,4,10-11,13H2,1-3H3,(H,18,19). The third-order valence-electron chi connectivity index (χ3n) is 3.22. The molecular weight excluding hydrogens is 292 g/mol. The number of guanidine groups is 1. The number of nitrogens with zero attached hydrogens (tertiary/aromatic N) is 3. The van der Waals surface area contributed by atoms with Gasteiger partial charge in [-0.2, -0.15) is 0 Å². The van der Waals surface area contributed by atoms with Crippen LogP contribution in [0.15, 0.2) is 41.5 Å². The molecule has 0 aliphatic heterocycles. The van der Waals surface area contributed by atoms with E-state index in [1.54, 1.807) is 11.3 Å². The molecule has 0 unspecified atom stereocenters. The van der Waals surface area contributed by atoms with Gasteiger partial charge in [0.2, 0.25) is 0 Å². The summed E-state index contributed by atoms with van der Waals surface area (Å²) in [6.45, 7) is 6.66. The molecule has 2 aromatic rings. The fourth-order valence-corrected chi connectivity index (χ4v) is 2.95. The van der Waals surface area contributed by atoms with Crippen LogP contribution in [0, 0.1) is 6.92 Å². The van der Waals surface area contributed by atoms with E-state index in [0.29, 0.717) is 0 Å². The van der Waals surface area contributed by atoms with Gasteiger partial charge in [0.05, 0.1) is 5.01 Å². The van der Waals surface area contributed by atoms with Gasteiger partial charge in [0, 0.05) is 44.2 Å². The summed E-state index contributed by atoms with van der Waals surface area (Å²) in [7, 11) is 2.07. The van der Waals surface area contributed by atoms with E-state index in [-0.39, 0.29) is 0 Å². The van der Waals surface area contributed by atoms with Crippen LogP contribution in [0.5, 0.6) is 0 Å². The number of nitrogens with one attached hydrogen (secondary N) is 1. The summed E-state index contributed by atoms with van der Waals surface area (Å²) in [5, 5.41) is 4.51. The van der Waals surface area contributed by atoms with Crippen LogP contribution in [0.2, 0.25) is 0 Å². The molecule has 1 aromatic carbocycles. The first-order valence-electron chi connectivity index (χ1n) is 7.63. The van der Waals surface area contributed by atoms with Gasteiger partial charge in [-0.05, 0) is 19.4 Å². The fraction of sp³-hybridized carbons (Fsp3) is 0.412. The van der Waals surface area contributed by atoms with Crippen molar-refractivity contribution in [2.45, 2.75) is 26.8 Å². The van der Waals surface area contributed by atoms with E-state index in [1.807, 2.05) is 12.3 Å². The van der Waals surface area contributed by atoms with Gasteiger partial charge in [-0.3, -0.25) is 4.99 Å². The number of rotatable bonds is 6. The van der Waals surface area contributed by atoms with E-state index < -0.39 is 0 Å². The lowest BCUT2D eigenvalue weighted by molar-refractivity contribution is 0.477. The Morgan fingerprint density at radius 1 is 1.32 bits per heavy atom. The second kappa shape index (κ2) is 8.54. The van der Waals surface area contributed by atoms with Gasteiger partial charge in [-0.15, -0.1) is 11.3 Å². The maximum absolute atomic E-state index is 4.71. The van der Waals surface area contributed by atoms with Crippen LogP contribution < -0.4 is 5.32 Å². The van der Waals surface area contributed by atoms with E-state index in [4.69, 9.17) is 4.99 Å². The van der Waals surface area contributed by atoms with Crippen LogP contribution >= 0.6 is 11.3 Å². The van der Waals surface area contributed by atoms with E-state index in [2.05, 4.69) is 60.4 Å². The Kier molecular flexibility index (Phi) is 6.40. The molecule has 1 heterocycles. The number of thiazole rings is 1. The van der Waals surface area contributed by atoms with Crippen LogP contribution in [-0.4, -0.2) is 36.0 Å². The van der Waals surface area contributed by atoms with Gasteiger partial charge in [0.15, 0.2) is 5.96 Å². The molecule has 0 atom stereocenters. The molecule has 0 aliphatic carbocycles. The minimum absolute atomic E-state index is 0.758. The van der Waals surface area contributed by atoms with Gasteiger partial charge in [0.25, 0.3) is 0 Å². The molecule has 0 saturated carbocycles. The Morgan fingerprint density at radius 2 is 2.09 bits per heavy atom. The van der Waals surface area contributed by atoms with Crippen LogP contribution in [-0.2, 0) is 13.0 Å². The Bertz CT molecular complexity index is 592. The zero-order chi connectivity index (χ0) is 15.8. The third kappa shape index (κ3) is 5.15. The van der Waals surface area contributed by atoms with Gasteiger partial charge >= 0.3 is 0 Å². The molecule has 1 N–H and O–H groups in total. The highest BCUT2D eigenvalue weighted by Gasteiger charge is 2.06. The third-order valence-corrected chi connectivity index (χ3v) is 4.19. The Morgan fingerprint density at radius 3 is 2.73 bits per heavy atom. The molecule has 0 bridgehead atoms. The van der Waals surface area contributed by atoms with Crippen LogP contribution in [0.25, 0.3) is 0 Å². The van der Waals surface area contributed by atoms with Crippen molar-refractivity contribution in [3.8, 4) is 0 Å². The van der Waals surface area contributed by atoms with Crippen molar-refractivity contribution in [1.29, 1.82) is 0 Å². The van der Waals surface area contributed by atoms with Crippen molar-refractivity contribution in [1.82, 2.24) is 15.2 Å². The zero-order valence-corrected chi connectivity index (χ0v) is 14.4. The summed E-state index contributed by atoms with van der Waals surface area (Å²) in [6, 6.07) is 10.5. The second-order valence-corrected chi connectivity index (χ2v) is 6.51. The maximum atomic E-state index is 4.71. The molecule has 0 aliphatic rings. The minimum Gasteiger partial charge on any atom is -0.357 e. The first-order chi connectivity index (χ1) is 10.7. The highest BCUT2D eigenvalue weighted by Crippen LogP contribution is 2.11. The largest absolute Gasteiger partial charge is 0.357 e. The number of aromatic nitrogens is 1. The fourth-order valence-electron chi connectivity index (χ4n) is 2.18. The number of benzene rings is 1. The predicted octanol–water partition coefficient (Wildman–Crippen LogP) is 3.09. The average molecular weight is 316 g/mol. The summed E-state index contributed by atoms with van der Waals surface area (Å²) in [6.07, 6.45) is 2.82. The topological polar surface area (TPSA) is 40.5 Å². The van der Waals surface area contributed by atoms with E-state index in [9.17, 15) is 0 Å². The van der Waals surface area contributed by atoms with Gasteiger partial charge in [-0.25, -0.2) is 4.98 Å². The summed E-state index contributed by atoms with van der Waals surface area (Å²) >= 11 is 1.75. The van der Waals surface area contributed by atoms with Crippen LogP contribution in [0.3, 0.4) is 0 Å². The number of aryl methyl sites for hydroxylation is 1. The van der Waals surface area contributed by atoms with Gasteiger partial charge < -0.3 is 10.2 Å². The molecule has 0 spiro atoms. The van der Waals surface area contributed by atoms with Gasteiger partial charge in [-0.1, -0.05) is 30.3 Å². The lowest BCUT2D eigenvalue weighted by atomic mass is 10.2.